The molecule has 0 amide bonds. The minimum absolute atomic E-state index is 0.0301. The van der Waals surface area contributed by atoms with Crippen LogP contribution in [0.2, 0.25) is 0 Å². The average Bonchev–Trinajstić information content (AvgIpc) is 2.05. The quantitative estimate of drug-likeness (QED) is 0.619. The van der Waals surface area contributed by atoms with Gasteiger partial charge in [0.15, 0.2) is 0 Å². The molecule has 0 fully saturated rings. The van der Waals surface area contributed by atoms with Crippen LogP contribution >= 0.6 is 0 Å². The van der Waals surface area contributed by atoms with Gasteiger partial charge in [-0.15, -0.1) is 0 Å². The molecule has 11 heavy (non-hydrogen) atoms. The summed E-state index contributed by atoms with van der Waals surface area (Å²) in [6, 6.07) is 4.53. The molecule has 0 saturated heterocycles. The molecule has 0 saturated carbocycles. The second kappa shape index (κ2) is 3.55. The van der Waals surface area contributed by atoms with Crippen molar-refractivity contribution in [2.24, 2.45) is 0 Å². The van der Waals surface area contributed by atoms with Gasteiger partial charge >= 0.3 is 62.3 Å². The van der Waals surface area contributed by atoms with Gasteiger partial charge in [0.25, 0.3) is 0 Å². The Hall–Kier alpha value is -0.795. The summed E-state index contributed by atoms with van der Waals surface area (Å²) in [5.41, 5.74) is 0.0301. The molecule has 1 aromatic heterocycles. The first-order chi connectivity index (χ1) is 5.22. The van der Waals surface area contributed by atoms with Gasteiger partial charge in [-0.1, -0.05) is 0 Å². The van der Waals surface area contributed by atoms with E-state index in [1.54, 1.807) is 6.07 Å². The second-order valence-electron chi connectivity index (χ2n) is 2.15. The van der Waals surface area contributed by atoms with E-state index in [0.29, 0.717) is 0 Å². The molecule has 0 aliphatic rings. The molecule has 1 unspecified atom stereocenters. The fraction of sp³-hybridized carbons (Fsp3) is 0.286. The van der Waals surface area contributed by atoms with Gasteiger partial charge < -0.3 is 0 Å². The van der Waals surface area contributed by atoms with E-state index in [0.717, 1.165) is 0 Å². The standard InChI is InChI=1S/C7H6BF3/c9-6(7(10)11)5-3-1-2-4-8-5/h1-4,6-7H. The summed E-state index contributed by atoms with van der Waals surface area (Å²) in [5.74, 6) is 1.53. The first kappa shape index (κ1) is 8.30. The van der Waals surface area contributed by atoms with Crippen molar-refractivity contribution < 1.29 is 13.2 Å². The number of hydrogen-bond donors (Lipinski definition) is 0. The van der Waals surface area contributed by atoms with Crippen molar-refractivity contribution in [2.75, 3.05) is 0 Å². The summed E-state index contributed by atoms with van der Waals surface area (Å²) in [7, 11) is 0. The number of alkyl halides is 3. The topological polar surface area (TPSA) is 0 Å². The molecule has 4 heteroatoms. The number of hydrogen-bond acceptors (Lipinski definition) is 0. The molecule has 0 aromatic carbocycles. The zero-order valence-electron chi connectivity index (χ0n) is 5.68. The Kier molecular flexibility index (Phi) is 2.68. The molecule has 1 heterocycles. The van der Waals surface area contributed by atoms with Crippen LogP contribution in [0.25, 0.3) is 0 Å². The Bertz CT molecular complexity index is 212. The SMILES string of the molecule is FC(F)C(F)c1bcccc1. The van der Waals surface area contributed by atoms with Crippen molar-refractivity contribution in [3.05, 3.63) is 29.6 Å². The summed E-state index contributed by atoms with van der Waals surface area (Å²) in [5, 5.41) is 0. The van der Waals surface area contributed by atoms with E-state index < -0.39 is 12.6 Å². The summed E-state index contributed by atoms with van der Waals surface area (Å²) in [6.07, 6.45) is -5.09. The van der Waals surface area contributed by atoms with E-state index in [-0.39, 0.29) is 5.46 Å². The molecule has 58 valence electrons. The molecular weight excluding hydrogens is 152 g/mol. The van der Waals surface area contributed by atoms with E-state index in [2.05, 4.69) is 0 Å². The first-order valence-corrected chi connectivity index (χ1v) is 3.19. The Morgan fingerprint density at radius 3 is 2.36 bits per heavy atom. The molecule has 1 aromatic rings. The van der Waals surface area contributed by atoms with Gasteiger partial charge in [0.2, 0.25) is 0 Å². The average molecular weight is 158 g/mol. The fourth-order valence-electron chi connectivity index (χ4n) is 0.782. The summed E-state index contributed by atoms with van der Waals surface area (Å²) < 4.78 is 36.0. The molecule has 1 atom stereocenters. The zero-order chi connectivity index (χ0) is 8.27. The second-order valence-corrected chi connectivity index (χ2v) is 2.15. The predicted molar refractivity (Wildman–Crippen MR) is 37.6 cm³/mol. The summed E-state index contributed by atoms with van der Waals surface area (Å²) in [6.45, 7) is 1.34. The number of rotatable bonds is 2. The van der Waals surface area contributed by atoms with Crippen molar-refractivity contribution in [1.29, 1.82) is 0 Å². The molecule has 0 spiro atoms. The fourth-order valence-corrected chi connectivity index (χ4v) is 0.782. The molecule has 1 rings (SSSR count). The molecular formula is C7H6BF3. The van der Waals surface area contributed by atoms with Gasteiger partial charge in [0, 0.05) is 0 Å². The molecule has 0 aliphatic heterocycles. The van der Waals surface area contributed by atoms with Crippen molar-refractivity contribution in [3.8, 4) is 0 Å². The van der Waals surface area contributed by atoms with E-state index in [9.17, 15) is 13.2 Å². The van der Waals surface area contributed by atoms with Crippen molar-refractivity contribution in [2.45, 2.75) is 12.6 Å². The maximum atomic E-state index is 12.5. The Labute approximate surface area is 63.3 Å². The third-order valence-electron chi connectivity index (χ3n) is 1.34. The van der Waals surface area contributed by atoms with Crippen LogP contribution in [-0.4, -0.2) is 13.3 Å². The Morgan fingerprint density at radius 2 is 1.91 bits per heavy atom. The molecule has 0 nitrogen and oxygen atoms in total. The van der Waals surface area contributed by atoms with Gasteiger partial charge in [-0.25, -0.2) is 0 Å². The van der Waals surface area contributed by atoms with Gasteiger partial charge in [-0.3, -0.25) is 0 Å². The van der Waals surface area contributed by atoms with E-state index in [1.807, 2.05) is 0 Å². The van der Waals surface area contributed by atoms with Crippen LogP contribution in [0, 0.1) is 0 Å². The molecule has 0 N–H and O–H groups in total. The van der Waals surface area contributed by atoms with Gasteiger partial charge in [-0.2, -0.15) is 0 Å². The van der Waals surface area contributed by atoms with Crippen LogP contribution in [0.5, 0.6) is 0 Å². The maximum absolute atomic E-state index is 12.5. The van der Waals surface area contributed by atoms with Crippen LogP contribution in [0.4, 0.5) is 13.2 Å². The predicted octanol–water partition coefficient (Wildman–Crippen LogP) is 2.30. The van der Waals surface area contributed by atoms with Crippen LogP contribution in [-0.2, 0) is 0 Å². The van der Waals surface area contributed by atoms with Crippen molar-refractivity contribution >= 4 is 6.91 Å². The molecule has 0 aliphatic carbocycles. The third kappa shape index (κ3) is 2.07. The van der Waals surface area contributed by atoms with Gasteiger partial charge in [-0.05, 0) is 0 Å². The van der Waals surface area contributed by atoms with E-state index >= 15 is 0 Å². The Balaban J connectivity index is 2.77. The minimum atomic E-state index is -2.93. The van der Waals surface area contributed by atoms with E-state index in [4.69, 9.17) is 0 Å². The van der Waals surface area contributed by atoms with Crippen LogP contribution in [0.1, 0.15) is 11.6 Å². The Morgan fingerprint density at radius 1 is 1.18 bits per heavy atom. The molecule has 0 radical (unpaired) electrons. The van der Waals surface area contributed by atoms with Gasteiger partial charge in [0.05, 0.1) is 0 Å². The number of halogens is 3. The molecule has 0 bridgehead atoms. The zero-order valence-corrected chi connectivity index (χ0v) is 5.68. The summed E-state index contributed by atoms with van der Waals surface area (Å²) in [4.78, 5) is 0. The van der Waals surface area contributed by atoms with Crippen LogP contribution in [0.3, 0.4) is 0 Å². The van der Waals surface area contributed by atoms with E-state index in [1.165, 1.54) is 25.0 Å². The monoisotopic (exact) mass is 158 g/mol. The van der Waals surface area contributed by atoms with Crippen molar-refractivity contribution in [1.82, 2.24) is 0 Å². The first-order valence-electron chi connectivity index (χ1n) is 3.19. The normalized spacial score (nSPS) is 13.1. The third-order valence-corrected chi connectivity index (χ3v) is 1.34. The van der Waals surface area contributed by atoms with Crippen LogP contribution < -0.4 is 0 Å². The van der Waals surface area contributed by atoms with Crippen molar-refractivity contribution in [3.63, 3.8) is 0 Å². The summed E-state index contributed by atoms with van der Waals surface area (Å²) >= 11 is 0. The van der Waals surface area contributed by atoms with Crippen LogP contribution in [0.15, 0.2) is 24.2 Å². The van der Waals surface area contributed by atoms with Gasteiger partial charge in [0.1, 0.15) is 0 Å².